The lowest BCUT2D eigenvalue weighted by Gasteiger charge is -2.20. The standard InChI is InChI=1S/C16H29N3O/c1-13(2)14(11-17)12-18-15-5-7-16(8-6-15)20-10-9-19(3)4/h5-8,13-14,18H,9-12,17H2,1-4H3. The van der Waals surface area contributed by atoms with Gasteiger partial charge in [0.05, 0.1) is 0 Å². The molecule has 0 aromatic heterocycles. The minimum Gasteiger partial charge on any atom is -0.492 e. The third kappa shape index (κ3) is 6.26. The van der Waals surface area contributed by atoms with Crippen molar-refractivity contribution in [1.29, 1.82) is 0 Å². The van der Waals surface area contributed by atoms with Crippen molar-refractivity contribution in [3.8, 4) is 5.75 Å². The van der Waals surface area contributed by atoms with Gasteiger partial charge in [-0.05, 0) is 56.7 Å². The number of ether oxygens (including phenoxy) is 1. The number of hydrogen-bond acceptors (Lipinski definition) is 4. The van der Waals surface area contributed by atoms with E-state index in [4.69, 9.17) is 10.5 Å². The van der Waals surface area contributed by atoms with Crippen LogP contribution in [0.15, 0.2) is 24.3 Å². The van der Waals surface area contributed by atoms with E-state index >= 15 is 0 Å². The van der Waals surface area contributed by atoms with Gasteiger partial charge in [0.2, 0.25) is 0 Å². The molecule has 0 saturated heterocycles. The molecule has 0 aliphatic rings. The molecule has 1 aromatic carbocycles. The highest BCUT2D eigenvalue weighted by Gasteiger charge is 2.10. The monoisotopic (exact) mass is 279 g/mol. The van der Waals surface area contributed by atoms with Gasteiger partial charge in [0.1, 0.15) is 12.4 Å². The molecule has 1 aromatic rings. The zero-order chi connectivity index (χ0) is 15.0. The van der Waals surface area contributed by atoms with E-state index in [1.54, 1.807) is 0 Å². The first kappa shape index (κ1) is 16.8. The highest BCUT2D eigenvalue weighted by Crippen LogP contribution is 2.17. The van der Waals surface area contributed by atoms with E-state index in [2.05, 4.69) is 36.2 Å². The second-order valence-electron chi connectivity index (χ2n) is 5.80. The quantitative estimate of drug-likeness (QED) is 0.728. The number of nitrogens with two attached hydrogens (primary N) is 1. The number of benzene rings is 1. The Morgan fingerprint density at radius 1 is 1.20 bits per heavy atom. The minimum absolute atomic E-state index is 0.506. The smallest absolute Gasteiger partial charge is 0.119 e. The van der Waals surface area contributed by atoms with Crippen molar-refractivity contribution in [2.75, 3.05) is 45.7 Å². The number of likely N-dealkylation sites (N-methyl/N-ethyl adjacent to an activating group) is 1. The van der Waals surface area contributed by atoms with Gasteiger partial charge in [0, 0.05) is 18.8 Å². The second-order valence-corrected chi connectivity index (χ2v) is 5.80. The summed E-state index contributed by atoms with van der Waals surface area (Å²) in [5.74, 6) is 2.02. The first-order valence-corrected chi connectivity index (χ1v) is 7.34. The maximum Gasteiger partial charge on any atom is 0.119 e. The fourth-order valence-electron chi connectivity index (χ4n) is 1.86. The lowest BCUT2D eigenvalue weighted by Crippen LogP contribution is -2.27. The Bertz CT molecular complexity index is 362. The summed E-state index contributed by atoms with van der Waals surface area (Å²) in [6, 6.07) is 8.12. The average Bonchev–Trinajstić information content (AvgIpc) is 2.40. The lowest BCUT2D eigenvalue weighted by atomic mass is 9.96. The molecule has 1 rings (SSSR count). The predicted molar refractivity (Wildman–Crippen MR) is 86.4 cm³/mol. The number of nitrogens with zero attached hydrogens (tertiary/aromatic N) is 1. The van der Waals surface area contributed by atoms with E-state index < -0.39 is 0 Å². The summed E-state index contributed by atoms with van der Waals surface area (Å²) >= 11 is 0. The van der Waals surface area contributed by atoms with Crippen LogP contribution in [0.1, 0.15) is 13.8 Å². The normalized spacial score (nSPS) is 12.8. The molecular formula is C16H29N3O. The van der Waals surface area contributed by atoms with Gasteiger partial charge < -0.3 is 20.7 Å². The van der Waals surface area contributed by atoms with Crippen LogP contribution in [0.2, 0.25) is 0 Å². The largest absolute Gasteiger partial charge is 0.492 e. The summed E-state index contributed by atoms with van der Waals surface area (Å²) in [6.07, 6.45) is 0. The second kappa shape index (κ2) is 8.82. The Hall–Kier alpha value is -1.26. The molecule has 0 fully saturated rings. The van der Waals surface area contributed by atoms with E-state index in [1.165, 1.54) is 0 Å². The van der Waals surface area contributed by atoms with Crippen molar-refractivity contribution in [3.63, 3.8) is 0 Å². The molecule has 20 heavy (non-hydrogen) atoms. The van der Waals surface area contributed by atoms with Crippen LogP contribution >= 0.6 is 0 Å². The van der Waals surface area contributed by atoms with Crippen LogP contribution in [0, 0.1) is 11.8 Å². The van der Waals surface area contributed by atoms with Crippen LogP contribution in [-0.2, 0) is 0 Å². The van der Waals surface area contributed by atoms with Gasteiger partial charge in [-0.25, -0.2) is 0 Å². The minimum atomic E-state index is 0.506. The molecule has 0 saturated carbocycles. The number of hydrogen-bond donors (Lipinski definition) is 2. The summed E-state index contributed by atoms with van der Waals surface area (Å²) < 4.78 is 5.67. The topological polar surface area (TPSA) is 50.5 Å². The molecule has 0 radical (unpaired) electrons. The first-order valence-electron chi connectivity index (χ1n) is 7.34. The van der Waals surface area contributed by atoms with Crippen molar-refractivity contribution in [2.45, 2.75) is 13.8 Å². The summed E-state index contributed by atoms with van der Waals surface area (Å²) in [5, 5.41) is 3.43. The molecule has 3 N–H and O–H groups in total. The van der Waals surface area contributed by atoms with E-state index in [0.29, 0.717) is 18.4 Å². The number of nitrogens with one attached hydrogen (secondary N) is 1. The van der Waals surface area contributed by atoms with E-state index in [0.717, 1.165) is 31.1 Å². The fraction of sp³-hybridized carbons (Fsp3) is 0.625. The van der Waals surface area contributed by atoms with E-state index in [9.17, 15) is 0 Å². The Labute approximate surface area is 123 Å². The molecule has 1 atom stereocenters. The van der Waals surface area contributed by atoms with Crippen molar-refractivity contribution in [3.05, 3.63) is 24.3 Å². The van der Waals surface area contributed by atoms with Gasteiger partial charge in [-0.1, -0.05) is 13.8 Å². The summed E-state index contributed by atoms with van der Waals surface area (Å²) in [5.41, 5.74) is 6.89. The molecule has 0 spiro atoms. The zero-order valence-corrected chi connectivity index (χ0v) is 13.2. The SMILES string of the molecule is CC(C)C(CN)CNc1ccc(OCCN(C)C)cc1. The van der Waals surface area contributed by atoms with Gasteiger partial charge in [0.15, 0.2) is 0 Å². The van der Waals surface area contributed by atoms with Crippen LogP contribution in [0.5, 0.6) is 5.75 Å². The maximum absolute atomic E-state index is 5.78. The van der Waals surface area contributed by atoms with Crippen molar-refractivity contribution in [1.82, 2.24) is 4.90 Å². The number of anilines is 1. The van der Waals surface area contributed by atoms with Crippen LogP contribution in [0.4, 0.5) is 5.69 Å². The summed E-state index contributed by atoms with van der Waals surface area (Å²) in [4.78, 5) is 2.11. The van der Waals surface area contributed by atoms with Crippen molar-refractivity contribution < 1.29 is 4.74 Å². The first-order chi connectivity index (χ1) is 9.52. The zero-order valence-electron chi connectivity index (χ0n) is 13.2. The van der Waals surface area contributed by atoms with Crippen molar-refractivity contribution >= 4 is 5.69 Å². The van der Waals surface area contributed by atoms with Gasteiger partial charge in [-0.15, -0.1) is 0 Å². The molecule has 0 aliphatic carbocycles. The van der Waals surface area contributed by atoms with Crippen LogP contribution in [0.3, 0.4) is 0 Å². The molecule has 4 heteroatoms. The highest BCUT2D eigenvalue weighted by molar-refractivity contribution is 5.46. The lowest BCUT2D eigenvalue weighted by molar-refractivity contribution is 0.261. The van der Waals surface area contributed by atoms with Crippen LogP contribution in [-0.4, -0.2) is 45.2 Å². The Kier molecular flexibility index (Phi) is 7.41. The summed E-state index contributed by atoms with van der Waals surface area (Å²) in [7, 11) is 4.08. The molecule has 0 aliphatic heterocycles. The van der Waals surface area contributed by atoms with Crippen LogP contribution < -0.4 is 15.8 Å². The van der Waals surface area contributed by atoms with Gasteiger partial charge in [-0.3, -0.25) is 0 Å². The predicted octanol–water partition coefficient (Wildman–Crippen LogP) is 2.27. The van der Waals surface area contributed by atoms with E-state index in [-0.39, 0.29) is 0 Å². The molecule has 0 heterocycles. The highest BCUT2D eigenvalue weighted by atomic mass is 16.5. The van der Waals surface area contributed by atoms with Gasteiger partial charge in [0.25, 0.3) is 0 Å². The van der Waals surface area contributed by atoms with Gasteiger partial charge >= 0.3 is 0 Å². The Balaban J connectivity index is 2.38. The number of rotatable bonds is 9. The molecule has 114 valence electrons. The molecule has 0 amide bonds. The average molecular weight is 279 g/mol. The summed E-state index contributed by atoms with van der Waals surface area (Å²) in [6.45, 7) is 7.68. The maximum atomic E-state index is 5.78. The van der Waals surface area contributed by atoms with Crippen molar-refractivity contribution in [2.24, 2.45) is 17.6 Å². The fourth-order valence-corrected chi connectivity index (χ4v) is 1.86. The Morgan fingerprint density at radius 3 is 2.35 bits per heavy atom. The molecule has 0 bridgehead atoms. The van der Waals surface area contributed by atoms with E-state index in [1.807, 2.05) is 26.2 Å². The van der Waals surface area contributed by atoms with Crippen LogP contribution in [0.25, 0.3) is 0 Å². The van der Waals surface area contributed by atoms with Gasteiger partial charge in [-0.2, -0.15) is 0 Å². The molecule has 4 nitrogen and oxygen atoms in total. The molecule has 1 unspecified atom stereocenters. The third-order valence-corrected chi connectivity index (χ3v) is 3.48. The molecular weight excluding hydrogens is 250 g/mol. The Morgan fingerprint density at radius 2 is 1.85 bits per heavy atom. The third-order valence-electron chi connectivity index (χ3n) is 3.48.